The van der Waals surface area contributed by atoms with E-state index in [0.29, 0.717) is 0 Å². The van der Waals surface area contributed by atoms with Crippen LogP contribution in [0.3, 0.4) is 0 Å². The average molecular weight is 287 g/mol. The molecule has 0 unspecified atom stereocenters. The maximum Gasteiger partial charge on any atom is 0.434 e. The van der Waals surface area contributed by atoms with Gasteiger partial charge in [-0.25, -0.2) is 14.8 Å². The third-order valence-corrected chi connectivity index (χ3v) is 2.20. The van der Waals surface area contributed by atoms with Crippen molar-refractivity contribution in [3.63, 3.8) is 0 Å². The maximum atomic E-state index is 12.9. The minimum absolute atomic E-state index is 0.0332. The highest BCUT2D eigenvalue weighted by Gasteiger charge is 2.38. The van der Waals surface area contributed by atoms with Crippen LogP contribution in [-0.2, 0) is 10.9 Å². The van der Waals surface area contributed by atoms with Gasteiger partial charge in [0.15, 0.2) is 11.5 Å². The summed E-state index contributed by atoms with van der Waals surface area (Å²) in [5.74, 6) is -1.43. The smallest absolute Gasteiger partial charge is 0.434 e. The van der Waals surface area contributed by atoms with Crippen LogP contribution in [0.4, 0.5) is 13.2 Å². The second kappa shape index (κ2) is 5.23. The fraction of sp³-hybridized carbons (Fsp3) is 0.300. The molecule has 0 saturated carbocycles. The van der Waals surface area contributed by atoms with Gasteiger partial charge in [-0.15, -0.1) is 0 Å². The van der Waals surface area contributed by atoms with E-state index in [2.05, 4.69) is 30.1 Å². The normalized spacial score (nSPS) is 11.4. The van der Waals surface area contributed by atoms with Crippen molar-refractivity contribution in [1.82, 2.24) is 25.4 Å². The summed E-state index contributed by atoms with van der Waals surface area (Å²) >= 11 is 0. The van der Waals surface area contributed by atoms with Crippen molar-refractivity contribution in [2.45, 2.75) is 13.1 Å². The molecule has 0 fully saturated rings. The van der Waals surface area contributed by atoms with E-state index in [-0.39, 0.29) is 18.1 Å². The van der Waals surface area contributed by atoms with Gasteiger partial charge in [0, 0.05) is 6.20 Å². The van der Waals surface area contributed by atoms with Crippen molar-refractivity contribution < 1.29 is 22.7 Å². The second-order valence-electron chi connectivity index (χ2n) is 3.53. The number of ether oxygens (including phenoxy) is 1. The molecule has 1 N–H and O–H groups in total. The summed E-state index contributed by atoms with van der Waals surface area (Å²) in [5.41, 5.74) is -2.08. The van der Waals surface area contributed by atoms with Gasteiger partial charge in [0.1, 0.15) is 11.3 Å². The zero-order valence-corrected chi connectivity index (χ0v) is 10.1. The topological polar surface area (TPSA) is 93.7 Å². The summed E-state index contributed by atoms with van der Waals surface area (Å²) in [6, 6.07) is 0. The lowest BCUT2D eigenvalue weighted by Crippen LogP contribution is -2.18. The standard InChI is InChI=1S/C10H8F3N5O2/c1-2-20-9(19)5-3-14-8(6-4-15-18-17-6)16-7(5)10(11,12)13/h3-4H,2H2,1H3,(H,15,17,18). The van der Waals surface area contributed by atoms with Crippen LogP contribution < -0.4 is 0 Å². The lowest BCUT2D eigenvalue weighted by molar-refractivity contribution is -0.141. The Hall–Kier alpha value is -2.52. The fourth-order valence-corrected chi connectivity index (χ4v) is 1.39. The van der Waals surface area contributed by atoms with Gasteiger partial charge in [0.25, 0.3) is 0 Å². The molecule has 0 aliphatic heterocycles. The van der Waals surface area contributed by atoms with Gasteiger partial charge in [-0.3, -0.25) is 0 Å². The maximum absolute atomic E-state index is 12.9. The Balaban J connectivity index is 2.52. The summed E-state index contributed by atoms with van der Waals surface area (Å²) in [7, 11) is 0. The van der Waals surface area contributed by atoms with Gasteiger partial charge >= 0.3 is 12.1 Å². The van der Waals surface area contributed by atoms with Crippen LogP contribution in [0.25, 0.3) is 11.5 Å². The average Bonchev–Trinajstić information content (AvgIpc) is 2.91. The van der Waals surface area contributed by atoms with E-state index in [1.807, 2.05) is 0 Å². The highest BCUT2D eigenvalue weighted by Crippen LogP contribution is 2.31. The molecule has 0 spiro atoms. The SMILES string of the molecule is CCOC(=O)c1cnc(-c2cn[nH]n2)nc1C(F)(F)F. The Morgan fingerprint density at radius 2 is 2.15 bits per heavy atom. The van der Waals surface area contributed by atoms with Crippen molar-refractivity contribution in [1.29, 1.82) is 0 Å². The summed E-state index contributed by atoms with van der Waals surface area (Å²) < 4.78 is 43.3. The summed E-state index contributed by atoms with van der Waals surface area (Å²) in [4.78, 5) is 18.5. The van der Waals surface area contributed by atoms with E-state index in [1.165, 1.54) is 13.1 Å². The van der Waals surface area contributed by atoms with Crippen LogP contribution in [0.1, 0.15) is 23.0 Å². The molecule has 2 aromatic rings. The Labute approximate surface area is 110 Å². The molecule has 20 heavy (non-hydrogen) atoms. The summed E-state index contributed by atoms with van der Waals surface area (Å²) in [6.45, 7) is 1.43. The van der Waals surface area contributed by atoms with Crippen LogP contribution in [-0.4, -0.2) is 38.0 Å². The highest BCUT2D eigenvalue weighted by molar-refractivity contribution is 5.90. The number of aromatic amines is 1. The predicted molar refractivity (Wildman–Crippen MR) is 58.4 cm³/mol. The Morgan fingerprint density at radius 3 is 2.70 bits per heavy atom. The van der Waals surface area contributed by atoms with Gasteiger partial charge < -0.3 is 4.74 Å². The number of nitrogens with zero attached hydrogens (tertiary/aromatic N) is 4. The number of hydrogen-bond acceptors (Lipinski definition) is 6. The van der Waals surface area contributed by atoms with Crippen molar-refractivity contribution in [3.8, 4) is 11.5 Å². The summed E-state index contributed by atoms with van der Waals surface area (Å²) in [6.07, 6.45) is -2.89. The highest BCUT2D eigenvalue weighted by atomic mass is 19.4. The van der Waals surface area contributed by atoms with Gasteiger partial charge in [-0.2, -0.15) is 28.6 Å². The third kappa shape index (κ3) is 2.73. The summed E-state index contributed by atoms with van der Waals surface area (Å²) in [5, 5.41) is 9.26. The molecule has 2 aromatic heterocycles. The first-order valence-corrected chi connectivity index (χ1v) is 5.41. The van der Waals surface area contributed by atoms with E-state index in [1.54, 1.807) is 0 Å². The van der Waals surface area contributed by atoms with Crippen LogP contribution >= 0.6 is 0 Å². The lowest BCUT2D eigenvalue weighted by atomic mass is 10.2. The molecule has 10 heteroatoms. The molecule has 0 radical (unpaired) electrons. The Kier molecular flexibility index (Phi) is 3.63. The molecule has 106 valence electrons. The van der Waals surface area contributed by atoms with E-state index < -0.39 is 23.4 Å². The predicted octanol–water partition coefficient (Wildman–Crippen LogP) is 1.46. The van der Waals surface area contributed by atoms with Crippen LogP contribution in [0, 0.1) is 0 Å². The van der Waals surface area contributed by atoms with E-state index in [0.717, 1.165) is 6.20 Å². The van der Waals surface area contributed by atoms with Crippen LogP contribution in [0.15, 0.2) is 12.4 Å². The zero-order valence-electron chi connectivity index (χ0n) is 10.1. The largest absolute Gasteiger partial charge is 0.462 e. The van der Waals surface area contributed by atoms with Crippen LogP contribution in [0.5, 0.6) is 0 Å². The van der Waals surface area contributed by atoms with Crippen molar-refractivity contribution in [2.24, 2.45) is 0 Å². The number of carbonyl (C=O) groups is 1. The molecule has 0 aliphatic carbocycles. The number of alkyl halides is 3. The van der Waals surface area contributed by atoms with E-state index >= 15 is 0 Å². The molecule has 2 heterocycles. The molecular weight excluding hydrogens is 279 g/mol. The molecule has 0 atom stereocenters. The van der Waals surface area contributed by atoms with Crippen molar-refractivity contribution in [3.05, 3.63) is 23.7 Å². The fourth-order valence-electron chi connectivity index (χ4n) is 1.39. The van der Waals surface area contributed by atoms with Gasteiger partial charge in [0.2, 0.25) is 0 Å². The number of halogens is 3. The number of H-pyrrole nitrogens is 1. The monoisotopic (exact) mass is 287 g/mol. The minimum atomic E-state index is -4.82. The van der Waals surface area contributed by atoms with Crippen molar-refractivity contribution >= 4 is 5.97 Å². The first-order chi connectivity index (χ1) is 9.43. The molecular formula is C10H8F3N5O2. The number of rotatable bonds is 3. The lowest BCUT2D eigenvalue weighted by Gasteiger charge is -2.11. The number of carbonyl (C=O) groups excluding carboxylic acids is 1. The van der Waals surface area contributed by atoms with E-state index in [9.17, 15) is 18.0 Å². The first-order valence-electron chi connectivity index (χ1n) is 5.41. The molecule has 0 aromatic carbocycles. The molecule has 0 aliphatic rings. The number of nitrogens with one attached hydrogen (secondary N) is 1. The second-order valence-corrected chi connectivity index (χ2v) is 3.53. The van der Waals surface area contributed by atoms with Gasteiger partial charge in [-0.1, -0.05) is 0 Å². The van der Waals surface area contributed by atoms with Gasteiger partial charge in [-0.05, 0) is 6.92 Å². The number of esters is 1. The van der Waals surface area contributed by atoms with Crippen LogP contribution in [0.2, 0.25) is 0 Å². The molecule has 2 rings (SSSR count). The molecule has 0 saturated heterocycles. The zero-order chi connectivity index (χ0) is 14.8. The molecule has 0 amide bonds. The quantitative estimate of drug-likeness (QED) is 0.859. The van der Waals surface area contributed by atoms with Gasteiger partial charge in [0.05, 0.1) is 12.8 Å². The molecule has 7 nitrogen and oxygen atoms in total. The number of aromatic nitrogens is 5. The minimum Gasteiger partial charge on any atom is -0.462 e. The first kappa shape index (κ1) is 13.9. The van der Waals surface area contributed by atoms with Crippen molar-refractivity contribution in [2.75, 3.05) is 6.61 Å². The van der Waals surface area contributed by atoms with E-state index in [4.69, 9.17) is 0 Å². The third-order valence-electron chi connectivity index (χ3n) is 2.20. The molecule has 0 bridgehead atoms. The Morgan fingerprint density at radius 1 is 1.40 bits per heavy atom. The Bertz CT molecular complexity index is 612. The number of hydrogen-bond donors (Lipinski definition) is 1.